The Hall–Kier alpha value is -3.61. The van der Waals surface area contributed by atoms with Crippen molar-refractivity contribution in [2.45, 2.75) is 76.3 Å². The number of carbonyl (C=O) groups excluding carboxylic acids is 2. The second-order valence-corrected chi connectivity index (χ2v) is 15.3. The van der Waals surface area contributed by atoms with Crippen molar-refractivity contribution >= 4 is 23.8 Å². The van der Waals surface area contributed by atoms with Crippen LogP contribution in [0.1, 0.15) is 55.5 Å². The lowest BCUT2D eigenvalue weighted by Crippen LogP contribution is -2.48. The van der Waals surface area contributed by atoms with Gasteiger partial charge in [0.2, 0.25) is 5.91 Å². The van der Waals surface area contributed by atoms with Crippen molar-refractivity contribution in [3.8, 4) is 5.75 Å². The average molecular weight is 708 g/mol. The van der Waals surface area contributed by atoms with Crippen LogP contribution in [0.15, 0.2) is 78.9 Å². The van der Waals surface area contributed by atoms with Crippen molar-refractivity contribution in [1.29, 1.82) is 0 Å². The van der Waals surface area contributed by atoms with Crippen molar-refractivity contribution in [3.63, 3.8) is 0 Å². The predicted molar refractivity (Wildman–Crippen MR) is 197 cm³/mol. The van der Waals surface area contributed by atoms with Gasteiger partial charge in [0.05, 0.1) is 24.3 Å². The van der Waals surface area contributed by atoms with Crippen molar-refractivity contribution in [1.82, 2.24) is 15.5 Å². The van der Waals surface area contributed by atoms with E-state index in [0.29, 0.717) is 25.9 Å². The molecule has 0 aromatic heterocycles. The van der Waals surface area contributed by atoms with Gasteiger partial charge in [-0.2, -0.15) is 11.8 Å². The SMILES string of the molecule is CC(C)(C)OC(=O)NC(Cc1ccccc1)C(O)CC(Cc1ccc(OCCN2CCSCC2)cc1)C(=O)NC1c2ccccc2CC1O.O. The van der Waals surface area contributed by atoms with Crippen LogP contribution in [0.4, 0.5) is 4.79 Å². The Balaban J connectivity index is 0.00000562. The maximum Gasteiger partial charge on any atom is 0.407 e. The van der Waals surface area contributed by atoms with Crippen LogP contribution >= 0.6 is 11.8 Å². The van der Waals surface area contributed by atoms with Crippen molar-refractivity contribution < 1.29 is 34.8 Å². The fourth-order valence-corrected chi connectivity index (χ4v) is 7.47. The third kappa shape index (κ3) is 11.7. The first kappa shape index (κ1) is 39.2. The van der Waals surface area contributed by atoms with E-state index in [1.165, 1.54) is 0 Å². The van der Waals surface area contributed by atoms with Gasteiger partial charge in [0, 0.05) is 43.5 Å². The zero-order valence-electron chi connectivity index (χ0n) is 29.3. The van der Waals surface area contributed by atoms with E-state index in [-0.39, 0.29) is 17.8 Å². The number of nitrogens with zero attached hydrogens (tertiary/aromatic N) is 1. The van der Waals surface area contributed by atoms with Gasteiger partial charge in [0.1, 0.15) is 18.0 Å². The lowest BCUT2D eigenvalue weighted by molar-refractivity contribution is -0.127. The van der Waals surface area contributed by atoms with Gasteiger partial charge in [-0.05, 0) is 74.4 Å². The summed E-state index contributed by atoms with van der Waals surface area (Å²) in [6.07, 6.45) is -1.20. The lowest BCUT2D eigenvalue weighted by Gasteiger charge is -2.30. The summed E-state index contributed by atoms with van der Waals surface area (Å²) in [5.74, 6) is 2.17. The first-order valence-corrected chi connectivity index (χ1v) is 18.5. The Morgan fingerprint density at radius 1 is 0.940 bits per heavy atom. The minimum Gasteiger partial charge on any atom is -0.492 e. The van der Waals surface area contributed by atoms with E-state index in [0.717, 1.165) is 59.1 Å². The first-order chi connectivity index (χ1) is 23.5. The topological polar surface area (TPSA) is 152 Å². The second-order valence-electron chi connectivity index (χ2n) is 14.0. The van der Waals surface area contributed by atoms with E-state index in [1.54, 1.807) is 20.8 Å². The zero-order valence-corrected chi connectivity index (χ0v) is 30.2. The number of alkyl carbamates (subject to hydrolysis) is 1. The molecule has 2 amide bonds. The van der Waals surface area contributed by atoms with Gasteiger partial charge in [0.15, 0.2) is 0 Å². The van der Waals surface area contributed by atoms with Crippen LogP contribution in [0.2, 0.25) is 0 Å². The van der Waals surface area contributed by atoms with Gasteiger partial charge < -0.3 is 35.8 Å². The van der Waals surface area contributed by atoms with E-state index in [2.05, 4.69) is 15.5 Å². The third-order valence-electron chi connectivity index (χ3n) is 9.05. The summed E-state index contributed by atoms with van der Waals surface area (Å²) in [7, 11) is 0. The Morgan fingerprint density at radius 2 is 1.60 bits per heavy atom. The molecule has 0 radical (unpaired) electrons. The fraction of sp³-hybridized carbons (Fsp3) is 0.487. The van der Waals surface area contributed by atoms with Crippen LogP contribution < -0.4 is 15.4 Å². The van der Waals surface area contributed by atoms with Gasteiger partial charge in [-0.1, -0.05) is 66.7 Å². The van der Waals surface area contributed by atoms with Crippen molar-refractivity contribution in [2.24, 2.45) is 5.92 Å². The fourth-order valence-electron chi connectivity index (χ4n) is 6.49. The molecular formula is C39H53N3O7S. The number of nitrogens with one attached hydrogen (secondary N) is 2. The van der Waals surface area contributed by atoms with Crippen LogP contribution in [0.25, 0.3) is 0 Å². The second kappa shape index (κ2) is 18.6. The van der Waals surface area contributed by atoms with E-state index >= 15 is 0 Å². The molecule has 3 aromatic carbocycles. The molecule has 50 heavy (non-hydrogen) atoms. The summed E-state index contributed by atoms with van der Waals surface area (Å²) < 4.78 is 11.6. The van der Waals surface area contributed by atoms with E-state index in [1.807, 2.05) is 90.6 Å². The Labute approximate surface area is 300 Å². The molecule has 11 heteroatoms. The van der Waals surface area contributed by atoms with Gasteiger partial charge in [0.25, 0.3) is 0 Å². The highest BCUT2D eigenvalue weighted by molar-refractivity contribution is 7.99. The summed E-state index contributed by atoms with van der Waals surface area (Å²) in [5.41, 5.74) is 3.05. The number of amides is 2. The van der Waals surface area contributed by atoms with Crippen molar-refractivity contribution in [3.05, 3.63) is 101 Å². The standard InChI is InChI=1S/C39H51N3O6S.H2O/c1-39(2,3)48-38(46)40-33(24-27-9-5-4-6-10-27)34(43)26-30(37(45)41-36-32-12-8-7-11-29(32)25-35(36)44)23-28-13-15-31(16-14-28)47-20-17-42-18-21-49-22-19-42;/h4-16,30,33-36,43-44H,17-26H2,1-3H3,(H,40,46)(H,41,45);1H2. The minimum atomic E-state index is -1.07. The zero-order chi connectivity index (χ0) is 34.8. The molecule has 5 unspecified atom stereocenters. The quantitative estimate of drug-likeness (QED) is 0.196. The molecule has 1 heterocycles. The van der Waals surface area contributed by atoms with Gasteiger partial charge in [-0.15, -0.1) is 0 Å². The molecule has 272 valence electrons. The van der Waals surface area contributed by atoms with Crippen molar-refractivity contribution in [2.75, 3.05) is 37.7 Å². The molecule has 0 saturated carbocycles. The smallest absolute Gasteiger partial charge is 0.407 e. The molecule has 1 fully saturated rings. The highest BCUT2D eigenvalue weighted by Gasteiger charge is 2.35. The van der Waals surface area contributed by atoms with Crippen LogP contribution in [-0.2, 0) is 28.8 Å². The minimum absolute atomic E-state index is 0. The number of hydrogen-bond donors (Lipinski definition) is 4. The summed E-state index contributed by atoms with van der Waals surface area (Å²) in [5, 5.41) is 28.6. The number of carbonyl (C=O) groups is 2. The maximum atomic E-state index is 14.1. The number of aliphatic hydroxyl groups is 2. The molecule has 1 aliphatic carbocycles. The Bertz CT molecular complexity index is 1500. The molecule has 0 spiro atoms. The highest BCUT2D eigenvalue weighted by atomic mass is 32.2. The Kier molecular flexibility index (Phi) is 14.6. The molecule has 3 aromatic rings. The molecule has 0 bridgehead atoms. The van der Waals surface area contributed by atoms with E-state index in [9.17, 15) is 19.8 Å². The summed E-state index contributed by atoms with van der Waals surface area (Å²) in [6, 6.07) is 23.9. The van der Waals surface area contributed by atoms with Gasteiger partial charge >= 0.3 is 6.09 Å². The number of benzene rings is 3. The molecule has 10 nitrogen and oxygen atoms in total. The first-order valence-electron chi connectivity index (χ1n) is 17.3. The number of thioether (sulfide) groups is 1. The average Bonchev–Trinajstić information content (AvgIpc) is 3.39. The Morgan fingerprint density at radius 3 is 2.30 bits per heavy atom. The lowest BCUT2D eigenvalue weighted by atomic mass is 9.88. The van der Waals surface area contributed by atoms with Gasteiger partial charge in [-0.3, -0.25) is 9.69 Å². The van der Waals surface area contributed by atoms with E-state index in [4.69, 9.17) is 9.47 Å². The molecular weight excluding hydrogens is 655 g/mol. The van der Waals surface area contributed by atoms with Crippen LogP contribution in [-0.4, -0.2) is 94.2 Å². The molecule has 6 N–H and O–H groups in total. The molecule has 1 aliphatic heterocycles. The molecule has 2 aliphatic rings. The molecule has 1 saturated heterocycles. The van der Waals surface area contributed by atoms with Gasteiger partial charge in [-0.25, -0.2) is 4.79 Å². The van der Waals surface area contributed by atoms with Crippen LogP contribution in [0.3, 0.4) is 0 Å². The third-order valence-corrected chi connectivity index (χ3v) is 9.99. The number of rotatable bonds is 14. The van der Waals surface area contributed by atoms with E-state index < -0.39 is 41.9 Å². The largest absolute Gasteiger partial charge is 0.492 e. The summed E-state index contributed by atoms with van der Waals surface area (Å²) >= 11 is 1.99. The van der Waals surface area contributed by atoms with Crippen LogP contribution in [0.5, 0.6) is 5.75 Å². The summed E-state index contributed by atoms with van der Waals surface area (Å²) in [6.45, 7) is 9.04. The van der Waals surface area contributed by atoms with Crippen LogP contribution in [0, 0.1) is 5.92 Å². The predicted octanol–water partition coefficient (Wildman–Crippen LogP) is 4.11. The normalized spacial score (nSPS) is 19.3. The maximum absolute atomic E-state index is 14.1. The number of aliphatic hydroxyl groups excluding tert-OH is 2. The molecule has 5 atom stereocenters. The number of fused-ring (bicyclic) bond motifs is 1. The molecule has 5 rings (SSSR count). The summed E-state index contributed by atoms with van der Waals surface area (Å²) in [4.78, 5) is 29.4. The number of hydrogen-bond acceptors (Lipinski definition) is 8. The number of ether oxygens (including phenoxy) is 2. The monoisotopic (exact) mass is 707 g/mol. The highest BCUT2D eigenvalue weighted by Crippen LogP contribution is 2.32.